The van der Waals surface area contributed by atoms with E-state index in [-0.39, 0.29) is 24.3 Å². The second-order valence-corrected chi connectivity index (χ2v) is 6.17. The Kier molecular flexibility index (Phi) is 5.48. The number of benzene rings is 1. The van der Waals surface area contributed by atoms with Crippen molar-refractivity contribution in [3.63, 3.8) is 0 Å². The molecule has 2 rings (SSSR count). The molecule has 21 heavy (non-hydrogen) atoms. The molecule has 4 nitrogen and oxygen atoms in total. The summed E-state index contributed by atoms with van der Waals surface area (Å²) in [5.41, 5.74) is 0.700. The van der Waals surface area contributed by atoms with Gasteiger partial charge in [0.25, 0.3) is 0 Å². The molecule has 1 aliphatic heterocycles. The fraction of sp³-hybridized carbons (Fsp3) is 0.467. The third kappa shape index (κ3) is 4.61. The molecule has 0 unspecified atom stereocenters. The van der Waals surface area contributed by atoms with E-state index >= 15 is 0 Å². The standard InChI is InChI=1S/C15H18Cl2N2O2/c1-10(9-19-6-2-3-15(19)21)18-14(20)8-11-7-12(16)4-5-13(11)17/h4-5,7,10H,2-3,6,8-9H2,1H3,(H,18,20)/t10-/m0/s1. The molecule has 1 fully saturated rings. The maximum absolute atomic E-state index is 12.0. The number of hydrogen-bond acceptors (Lipinski definition) is 2. The Morgan fingerprint density at radius 1 is 1.43 bits per heavy atom. The predicted molar refractivity (Wildman–Crippen MR) is 83.6 cm³/mol. The highest BCUT2D eigenvalue weighted by atomic mass is 35.5. The van der Waals surface area contributed by atoms with Crippen LogP contribution in [0.15, 0.2) is 18.2 Å². The Bertz CT molecular complexity index is 548. The summed E-state index contributed by atoms with van der Waals surface area (Å²) in [6, 6.07) is 4.97. The van der Waals surface area contributed by atoms with Crippen LogP contribution < -0.4 is 5.32 Å². The van der Waals surface area contributed by atoms with Gasteiger partial charge in [-0.1, -0.05) is 23.2 Å². The Hall–Kier alpha value is -1.26. The lowest BCUT2D eigenvalue weighted by Gasteiger charge is -2.21. The van der Waals surface area contributed by atoms with Gasteiger partial charge in [-0.2, -0.15) is 0 Å². The van der Waals surface area contributed by atoms with Crippen LogP contribution in [-0.4, -0.2) is 35.8 Å². The molecule has 0 spiro atoms. The monoisotopic (exact) mass is 328 g/mol. The summed E-state index contributed by atoms with van der Waals surface area (Å²) < 4.78 is 0. The molecule has 1 N–H and O–H groups in total. The number of amides is 2. The van der Waals surface area contributed by atoms with E-state index in [0.29, 0.717) is 28.6 Å². The zero-order valence-corrected chi connectivity index (χ0v) is 13.4. The molecule has 1 aromatic carbocycles. The third-order valence-electron chi connectivity index (χ3n) is 3.43. The highest BCUT2D eigenvalue weighted by Crippen LogP contribution is 2.21. The van der Waals surface area contributed by atoms with E-state index in [9.17, 15) is 9.59 Å². The number of nitrogens with zero attached hydrogens (tertiary/aromatic N) is 1. The van der Waals surface area contributed by atoms with Crippen molar-refractivity contribution in [2.75, 3.05) is 13.1 Å². The summed E-state index contributed by atoms with van der Waals surface area (Å²) >= 11 is 11.9. The molecule has 1 heterocycles. The molecule has 0 radical (unpaired) electrons. The van der Waals surface area contributed by atoms with Gasteiger partial charge < -0.3 is 10.2 Å². The van der Waals surface area contributed by atoms with Crippen molar-refractivity contribution < 1.29 is 9.59 Å². The lowest BCUT2D eigenvalue weighted by molar-refractivity contribution is -0.129. The maximum Gasteiger partial charge on any atom is 0.224 e. The minimum atomic E-state index is -0.127. The first-order chi connectivity index (χ1) is 9.95. The van der Waals surface area contributed by atoms with Gasteiger partial charge in [0.15, 0.2) is 0 Å². The van der Waals surface area contributed by atoms with Gasteiger partial charge >= 0.3 is 0 Å². The lowest BCUT2D eigenvalue weighted by Crippen LogP contribution is -2.42. The van der Waals surface area contributed by atoms with Gasteiger partial charge in [-0.15, -0.1) is 0 Å². The number of nitrogens with one attached hydrogen (secondary N) is 1. The molecule has 1 saturated heterocycles. The molecule has 1 aliphatic rings. The Labute approximate surface area is 134 Å². The zero-order valence-electron chi connectivity index (χ0n) is 11.9. The van der Waals surface area contributed by atoms with Gasteiger partial charge in [-0.3, -0.25) is 9.59 Å². The van der Waals surface area contributed by atoms with Crippen molar-refractivity contribution in [3.05, 3.63) is 33.8 Å². The van der Waals surface area contributed by atoms with Gasteiger partial charge in [-0.25, -0.2) is 0 Å². The van der Waals surface area contributed by atoms with E-state index in [2.05, 4.69) is 5.32 Å². The van der Waals surface area contributed by atoms with Crippen molar-refractivity contribution >= 4 is 35.0 Å². The summed E-state index contributed by atoms with van der Waals surface area (Å²) in [7, 11) is 0. The molecule has 0 aliphatic carbocycles. The van der Waals surface area contributed by atoms with Gasteiger partial charge in [0.2, 0.25) is 11.8 Å². The van der Waals surface area contributed by atoms with Crippen LogP contribution in [0.5, 0.6) is 0 Å². The van der Waals surface area contributed by atoms with E-state index in [1.54, 1.807) is 23.1 Å². The molecule has 0 saturated carbocycles. The molecule has 0 bridgehead atoms. The van der Waals surface area contributed by atoms with Crippen LogP contribution in [0.25, 0.3) is 0 Å². The Balaban J connectivity index is 1.86. The summed E-state index contributed by atoms with van der Waals surface area (Å²) in [6.07, 6.45) is 1.69. The van der Waals surface area contributed by atoms with E-state index in [1.165, 1.54) is 0 Å². The fourth-order valence-corrected chi connectivity index (χ4v) is 2.83. The highest BCUT2D eigenvalue weighted by molar-refractivity contribution is 6.33. The van der Waals surface area contributed by atoms with Gasteiger partial charge in [0, 0.05) is 35.6 Å². The average molecular weight is 329 g/mol. The highest BCUT2D eigenvalue weighted by Gasteiger charge is 2.22. The topological polar surface area (TPSA) is 49.4 Å². The smallest absolute Gasteiger partial charge is 0.224 e. The normalized spacial score (nSPS) is 16.1. The molecule has 1 aromatic rings. The predicted octanol–water partition coefficient (Wildman–Crippen LogP) is 2.66. The number of carbonyl (C=O) groups excluding carboxylic acids is 2. The summed E-state index contributed by atoms with van der Waals surface area (Å²) in [6.45, 7) is 3.22. The second-order valence-electron chi connectivity index (χ2n) is 5.32. The largest absolute Gasteiger partial charge is 0.352 e. The number of carbonyl (C=O) groups is 2. The first-order valence-electron chi connectivity index (χ1n) is 6.97. The third-order valence-corrected chi connectivity index (χ3v) is 4.04. The molecule has 6 heteroatoms. The molecule has 2 amide bonds. The van der Waals surface area contributed by atoms with Crippen molar-refractivity contribution in [1.82, 2.24) is 10.2 Å². The zero-order chi connectivity index (χ0) is 15.4. The minimum absolute atomic E-state index is 0.0856. The molecule has 0 aromatic heterocycles. The SMILES string of the molecule is C[C@@H](CN1CCCC1=O)NC(=O)Cc1cc(Cl)ccc1Cl. The van der Waals surface area contributed by atoms with Crippen molar-refractivity contribution in [2.24, 2.45) is 0 Å². The molecular weight excluding hydrogens is 311 g/mol. The van der Waals surface area contributed by atoms with Crippen LogP contribution in [0.4, 0.5) is 0 Å². The Morgan fingerprint density at radius 3 is 2.86 bits per heavy atom. The summed E-state index contributed by atoms with van der Waals surface area (Å²) in [5, 5.41) is 3.97. The number of halogens is 2. The van der Waals surface area contributed by atoms with E-state index in [4.69, 9.17) is 23.2 Å². The summed E-state index contributed by atoms with van der Waals surface area (Å²) in [5.74, 6) is 0.0345. The average Bonchev–Trinajstić information content (AvgIpc) is 2.79. The first kappa shape index (κ1) is 16.1. The first-order valence-corrected chi connectivity index (χ1v) is 7.72. The Morgan fingerprint density at radius 2 is 2.19 bits per heavy atom. The van der Waals surface area contributed by atoms with Gasteiger partial charge in [0.1, 0.15) is 0 Å². The van der Waals surface area contributed by atoms with Crippen LogP contribution in [0.2, 0.25) is 10.0 Å². The molecular formula is C15H18Cl2N2O2. The van der Waals surface area contributed by atoms with Gasteiger partial charge in [-0.05, 0) is 37.1 Å². The fourth-order valence-electron chi connectivity index (χ4n) is 2.45. The van der Waals surface area contributed by atoms with Crippen LogP contribution in [0.1, 0.15) is 25.3 Å². The quantitative estimate of drug-likeness (QED) is 0.903. The minimum Gasteiger partial charge on any atom is -0.352 e. The summed E-state index contributed by atoms with van der Waals surface area (Å²) in [4.78, 5) is 25.4. The number of rotatable bonds is 5. The maximum atomic E-state index is 12.0. The van der Waals surface area contributed by atoms with Crippen LogP contribution in [0.3, 0.4) is 0 Å². The van der Waals surface area contributed by atoms with Crippen molar-refractivity contribution in [2.45, 2.75) is 32.2 Å². The van der Waals surface area contributed by atoms with E-state index in [0.717, 1.165) is 13.0 Å². The van der Waals surface area contributed by atoms with Crippen molar-refractivity contribution in [3.8, 4) is 0 Å². The van der Waals surface area contributed by atoms with Crippen LogP contribution in [0, 0.1) is 0 Å². The molecule has 114 valence electrons. The van der Waals surface area contributed by atoms with E-state index in [1.807, 2.05) is 6.92 Å². The van der Waals surface area contributed by atoms with Crippen LogP contribution >= 0.6 is 23.2 Å². The van der Waals surface area contributed by atoms with E-state index < -0.39 is 0 Å². The van der Waals surface area contributed by atoms with Crippen LogP contribution in [-0.2, 0) is 16.0 Å². The molecule has 1 atom stereocenters. The van der Waals surface area contributed by atoms with Crippen molar-refractivity contribution in [1.29, 1.82) is 0 Å². The number of hydrogen-bond donors (Lipinski definition) is 1. The second kappa shape index (κ2) is 7.14. The number of likely N-dealkylation sites (tertiary alicyclic amines) is 1. The lowest BCUT2D eigenvalue weighted by atomic mass is 10.1. The van der Waals surface area contributed by atoms with Gasteiger partial charge in [0.05, 0.1) is 6.42 Å².